The fourth-order valence-corrected chi connectivity index (χ4v) is 2.13. The first-order chi connectivity index (χ1) is 8.79. The zero-order valence-corrected chi connectivity index (χ0v) is 11.2. The highest BCUT2D eigenvalue weighted by Gasteiger charge is 2.10. The third-order valence-corrected chi connectivity index (χ3v) is 3.14. The van der Waals surface area contributed by atoms with Gasteiger partial charge in [-0.05, 0) is 42.3 Å². The number of aromatic nitrogens is 1. The predicted octanol–water partition coefficient (Wildman–Crippen LogP) is 3.63. The molecular formula is C15H17ClN2. The fraction of sp³-hybridized carbons (Fsp3) is 0.267. The smallest absolute Gasteiger partial charge is 0.0406 e. The van der Waals surface area contributed by atoms with Crippen molar-refractivity contribution >= 4 is 11.6 Å². The van der Waals surface area contributed by atoms with Gasteiger partial charge < -0.3 is 5.32 Å². The quantitative estimate of drug-likeness (QED) is 0.888. The molecule has 0 bridgehead atoms. The van der Waals surface area contributed by atoms with Crippen LogP contribution in [0.2, 0.25) is 5.02 Å². The number of rotatable bonds is 5. The van der Waals surface area contributed by atoms with Gasteiger partial charge in [-0.25, -0.2) is 0 Å². The van der Waals surface area contributed by atoms with Crippen LogP contribution >= 0.6 is 11.6 Å². The van der Waals surface area contributed by atoms with Crippen LogP contribution < -0.4 is 5.32 Å². The van der Waals surface area contributed by atoms with Crippen molar-refractivity contribution < 1.29 is 0 Å². The van der Waals surface area contributed by atoms with Gasteiger partial charge in [0, 0.05) is 23.5 Å². The average Bonchev–Trinajstić information content (AvgIpc) is 2.40. The maximum absolute atomic E-state index is 5.92. The molecule has 1 N–H and O–H groups in total. The molecule has 1 atom stereocenters. The second-order valence-corrected chi connectivity index (χ2v) is 4.66. The molecule has 1 aromatic heterocycles. The summed E-state index contributed by atoms with van der Waals surface area (Å²) in [5.74, 6) is 0. The zero-order chi connectivity index (χ0) is 12.8. The van der Waals surface area contributed by atoms with Crippen molar-refractivity contribution in [2.45, 2.75) is 19.4 Å². The van der Waals surface area contributed by atoms with Gasteiger partial charge in [0.1, 0.15) is 0 Å². The molecule has 0 radical (unpaired) electrons. The van der Waals surface area contributed by atoms with Gasteiger partial charge in [-0.1, -0.05) is 36.7 Å². The van der Waals surface area contributed by atoms with Gasteiger partial charge in [-0.3, -0.25) is 4.98 Å². The van der Waals surface area contributed by atoms with Gasteiger partial charge in [0.05, 0.1) is 0 Å². The van der Waals surface area contributed by atoms with E-state index in [0.717, 1.165) is 18.0 Å². The van der Waals surface area contributed by atoms with E-state index in [1.807, 2.05) is 24.4 Å². The maximum Gasteiger partial charge on any atom is 0.0406 e. The van der Waals surface area contributed by atoms with Crippen LogP contribution in [0.3, 0.4) is 0 Å². The van der Waals surface area contributed by atoms with Crippen molar-refractivity contribution in [3.8, 4) is 0 Å². The Morgan fingerprint density at radius 3 is 2.61 bits per heavy atom. The molecule has 1 unspecified atom stereocenters. The van der Waals surface area contributed by atoms with E-state index in [4.69, 9.17) is 11.6 Å². The van der Waals surface area contributed by atoms with Crippen molar-refractivity contribution in [2.75, 3.05) is 6.54 Å². The molecule has 1 aromatic carbocycles. The third kappa shape index (κ3) is 3.56. The average molecular weight is 261 g/mol. The SMILES string of the molecule is CCNC(Cc1cccnc1)c1ccc(Cl)cc1. The number of nitrogens with zero attached hydrogens (tertiary/aromatic N) is 1. The van der Waals surface area contributed by atoms with Crippen molar-refractivity contribution in [1.29, 1.82) is 0 Å². The van der Waals surface area contributed by atoms with Gasteiger partial charge in [0.2, 0.25) is 0 Å². The summed E-state index contributed by atoms with van der Waals surface area (Å²) >= 11 is 5.92. The Balaban J connectivity index is 2.15. The lowest BCUT2D eigenvalue weighted by atomic mass is 10.00. The molecule has 18 heavy (non-hydrogen) atoms. The van der Waals surface area contributed by atoms with Gasteiger partial charge in [0.15, 0.2) is 0 Å². The number of likely N-dealkylation sites (N-methyl/N-ethyl adjacent to an activating group) is 1. The van der Waals surface area contributed by atoms with Crippen LogP contribution in [0.4, 0.5) is 0 Å². The lowest BCUT2D eigenvalue weighted by Crippen LogP contribution is -2.22. The highest BCUT2D eigenvalue weighted by atomic mass is 35.5. The Hall–Kier alpha value is -1.38. The van der Waals surface area contributed by atoms with Gasteiger partial charge in [-0.15, -0.1) is 0 Å². The standard InChI is InChI=1S/C15H17ClN2/c1-2-18-15(10-12-4-3-9-17-11-12)13-5-7-14(16)8-6-13/h3-9,11,15,18H,2,10H2,1H3. The van der Waals surface area contributed by atoms with Gasteiger partial charge in [0.25, 0.3) is 0 Å². The Morgan fingerprint density at radius 1 is 1.22 bits per heavy atom. The highest BCUT2D eigenvalue weighted by molar-refractivity contribution is 6.30. The van der Waals surface area contributed by atoms with Crippen molar-refractivity contribution in [3.63, 3.8) is 0 Å². The second kappa shape index (κ2) is 6.53. The summed E-state index contributed by atoms with van der Waals surface area (Å²) in [6.07, 6.45) is 4.65. The van der Waals surface area contributed by atoms with E-state index in [0.29, 0.717) is 6.04 Å². The van der Waals surface area contributed by atoms with E-state index in [9.17, 15) is 0 Å². The largest absolute Gasteiger partial charge is 0.310 e. The molecule has 0 spiro atoms. The van der Waals surface area contributed by atoms with E-state index in [1.165, 1.54) is 11.1 Å². The third-order valence-electron chi connectivity index (χ3n) is 2.89. The molecular weight excluding hydrogens is 244 g/mol. The zero-order valence-electron chi connectivity index (χ0n) is 10.4. The van der Waals surface area contributed by atoms with E-state index in [2.05, 4.69) is 35.4 Å². The van der Waals surface area contributed by atoms with Crippen molar-refractivity contribution in [3.05, 3.63) is 64.9 Å². The molecule has 0 saturated heterocycles. The van der Waals surface area contributed by atoms with Crippen molar-refractivity contribution in [1.82, 2.24) is 10.3 Å². The van der Waals surface area contributed by atoms with Crippen LogP contribution in [0.25, 0.3) is 0 Å². The van der Waals surface area contributed by atoms with Gasteiger partial charge in [-0.2, -0.15) is 0 Å². The molecule has 0 aliphatic carbocycles. The summed E-state index contributed by atoms with van der Waals surface area (Å²) in [7, 11) is 0. The first-order valence-electron chi connectivity index (χ1n) is 6.17. The topological polar surface area (TPSA) is 24.9 Å². The number of halogens is 1. The second-order valence-electron chi connectivity index (χ2n) is 4.23. The fourth-order valence-electron chi connectivity index (χ4n) is 2.00. The van der Waals surface area contributed by atoms with Crippen LogP contribution in [0.1, 0.15) is 24.1 Å². The Morgan fingerprint density at radius 2 is 2.00 bits per heavy atom. The summed E-state index contributed by atoms with van der Waals surface area (Å²) in [4.78, 5) is 4.16. The number of hydrogen-bond donors (Lipinski definition) is 1. The van der Waals surface area contributed by atoms with Crippen LogP contribution in [0.5, 0.6) is 0 Å². The lowest BCUT2D eigenvalue weighted by Gasteiger charge is -2.18. The highest BCUT2D eigenvalue weighted by Crippen LogP contribution is 2.20. The Kier molecular flexibility index (Phi) is 4.73. The predicted molar refractivity (Wildman–Crippen MR) is 75.8 cm³/mol. The normalized spacial score (nSPS) is 12.3. The van der Waals surface area contributed by atoms with Crippen LogP contribution in [0.15, 0.2) is 48.8 Å². The number of pyridine rings is 1. The molecule has 0 fully saturated rings. The van der Waals surface area contributed by atoms with E-state index >= 15 is 0 Å². The first kappa shape index (κ1) is 13.1. The molecule has 0 aliphatic rings. The summed E-state index contributed by atoms with van der Waals surface area (Å²) in [5, 5.41) is 4.27. The minimum atomic E-state index is 0.302. The summed E-state index contributed by atoms with van der Waals surface area (Å²) in [6.45, 7) is 3.06. The van der Waals surface area contributed by atoms with Crippen LogP contribution in [0, 0.1) is 0 Å². The monoisotopic (exact) mass is 260 g/mol. The summed E-state index contributed by atoms with van der Waals surface area (Å²) in [5.41, 5.74) is 2.49. The Bertz CT molecular complexity index is 468. The molecule has 0 amide bonds. The molecule has 2 nitrogen and oxygen atoms in total. The van der Waals surface area contributed by atoms with Gasteiger partial charge >= 0.3 is 0 Å². The first-order valence-corrected chi connectivity index (χ1v) is 6.55. The molecule has 0 aliphatic heterocycles. The lowest BCUT2D eigenvalue weighted by molar-refractivity contribution is 0.549. The molecule has 2 aromatic rings. The van der Waals surface area contributed by atoms with Crippen LogP contribution in [-0.2, 0) is 6.42 Å². The molecule has 3 heteroatoms. The number of benzene rings is 1. The number of hydrogen-bond acceptors (Lipinski definition) is 2. The number of nitrogens with one attached hydrogen (secondary N) is 1. The maximum atomic E-state index is 5.92. The summed E-state index contributed by atoms with van der Waals surface area (Å²) in [6, 6.07) is 12.4. The minimum Gasteiger partial charge on any atom is -0.310 e. The van der Waals surface area contributed by atoms with E-state index in [-0.39, 0.29) is 0 Å². The van der Waals surface area contributed by atoms with E-state index in [1.54, 1.807) is 6.20 Å². The van der Waals surface area contributed by atoms with Crippen molar-refractivity contribution in [2.24, 2.45) is 0 Å². The van der Waals surface area contributed by atoms with Crippen LogP contribution in [-0.4, -0.2) is 11.5 Å². The summed E-state index contributed by atoms with van der Waals surface area (Å²) < 4.78 is 0. The molecule has 2 rings (SSSR count). The van der Waals surface area contributed by atoms with E-state index < -0.39 is 0 Å². The molecule has 0 saturated carbocycles. The molecule has 1 heterocycles. The minimum absolute atomic E-state index is 0.302. The molecule has 94 valence electrons. The Labute approximate surface area is 113 Å².